The molecule has 0 unspecified atom stereocenters. The molecule has 74 valence electrons. The van der Waals surface area contributed by atoms with Crippen LogP contribution in [0.15, 0.2) is 12.5 Å². The molecule has 1 aromatic heterocycles. The number of nitrogens with one attached hydrogen (secondary N) is 1. The first-order valence-corrected chi connectivity index (χ1v) is 4.86. The number of hydrogen-bond donors (Lipinski definition) is 1. The van der Waals surface area contributed by atoms with Gasteiger partial charge in [-0.05, 0) is 12.5 Å². The van der Waals surface area contributed by atoms with E-state index in [4.69, 9.17) is 0 Å². The Morgan fingerprint density at radius 1 is 1.54 bits per heavy atom. The zero-order valence-corrected chi connectivity index (χ0v) is 8.75. The van der Waals surface area contributed by atoms with Crippen LogP contribution in [0.5, 0.6) is 0 Å². The molecule has 0 aromatic carbocycles. The van der Waals surface area contributed by atoms with E-state index in [1.807, 2.05) is 19.6 Å². The summed E-state index contributed by atoms with van der Waals surface area (Å²) in [6.45, 7) is 6.57. The SMILES string of the molecule is CC(C)CNCCc1cncn1C. The van der Waals surface area contributed by atoms with Crippen LogP contribution in [-0.2, 0) is 13.5 Å². The Morgan fingerprint density at radius 2 is 2.31 bits per heavy atom. The summed E-state index contributed by atoms with van der Waals surface area (Å²) in [5, 5.41) is 3.41. The predicted molar refractivity (Wildman–Crippen MR) is 54.6 cm³/mol. The van der Waals surface area contributed by atoms with Crippen molar-refractivity contribution in [2.45, 2.75) is 20.3 Å². The van der Waals surface area contributed by atoms with E-state index < -0.39 is 0 Å². The number of imidazole rings is 1. The third-order valence-corrected chi connectivity index (χ3v) is 2.03. The molecule has 0 amide bonds. The first-order chi connectivity index (χ1) is 6.20. The predicted octanol–water partition coefficient (Wildman–Crippen LogP) is 1.21. The fourth-order valence-corrected chi connectivity index (χ4v) is 1.23. The molecule has 0 spiro atoms. The zero-order valence-electron chi connectivity index (χ0n) is 8.75. The van der Waals surface area contributed by atoms with Gasteiger partial charge in [0.2, 0.25) is 0 Å². The minimum absolute atomic E-state index is 0.728. The molecule has 0 bridgehead atoms. The van der Waals surface area contributed by atoms with E-state index in [-0.39, 0.29) is 0 Å². The maximum Gasteiger partial charge on any atom is 0.0945 e. The Bertz CT molecular complexity index is 240. The molecule has 0 radical (unpaired) electrons. The third-order valence-electron chi connectivity index (χ3n) is 2.03. The molecule has 1 aromatic rings. The number of hydrogen-bond acceptors (Lipinski definition) is 2. The first-order valence-electron chi connectivity index (χ1n) is 4.86. The number of aromatic nitrogens is 2. The van der Waals surface area contributed by atoms with Crippen LogP contribution >= 0.6 is 0 Å². The molecule has 0 saturated heterocycles. The van der Waals surface area contributed by atoms with Gasteiger partial charge < -0.3 is 9.88 Å². The maximum atomic E-state index is 4.07. The van der Waals surface area contributed by atoms with Gasteiger partial charge in [0.05, 0.1) is 6.33 Å². The normalized spacial score (nSPS) is 11.1. The van der Waals surface area contributed by atoms with Crippen LogP contribution in [0.1, 0.15) is 19.5 Å². The van der Waals surface area contributed by atoms with Crippen molar-refractivity contribution in [3.8, 4) is 0 Å². The molecule has 1 heterocycles. The molecule has 0 atom stereocenters. The second-order valence-electron chi connectivity index (χ2n) is 3.84. The van der Waals surface area contributed by atoms with Crippen molar-refractivity contribution < 1.29 is 0 Å². The average Bonchev–Trinajstić information content (AvgIpc) is 2.45. The molecule has 0 aliphatic heterocycles. The summed E-state index contributed by atoms with van der Waals surface area (Å²) in [6.07, 6.45) is 4.83. The number of rotatable bonds is 5. The largest absolute Gasteiger partial charge is 0.338 e. The summed E-state index contributed by atoms with van der Waals surface area (Å²) < 4.78 is 2.07. The van der Waals surface area contributed by atoms with E-state index in [9.17, 15) is 0 Å². The first kappa shape index (κ1) is 10.3. The minimum atomic E-state index is 0.728. The van der Waals surface area contributed by atoms with E-state index in [0.29, 0.717) is 0 Å². The number of nitrogens with zero attached hydrogens (tertiary/aromatic N) is 2. The van der Waals surface area contributed by atoms with Crippen LogP contribution < -0.4 is 5.32 Å². The highest BCUT2D eigenvalue weighted by atomic mass is 15.0. The minimum Gasteiger partial charge on any atom is -0.338 e. The zero-order chi connectivity index (χ0) is 9.68. The molecular weight excluding hydrogens is 162 g/mol. The van der Waals surface area contributed by atoms with Crippen molar-refractivity contribution in [1.82, 2.24) is 14.9 Å². The van der Waals surface area contributed by atoms with Gasteiger partial charge in [-0.25, -0.2) is 4.98 Å². The van der Waals surface area contributed by atoms with Gasteiger partial charge in [0, 0.05) is 31.9 Å². The second-order valence-corrected chi connectivity index (χ2v) is 3.84. The molecule has 1 rings (SSSR count). The van der Waals surface area contributed by atoms with Gasteiger partial charge in [-0.1, -0.05) is 13.8 Å². The van der Waals surface area contributed by atoms with Crippen LogP contribution in [0.25, 0.3) is 0 Å². The highest BCUT2D eigenvalue weighted by Gasteiger charge is 1.97. The molecule has 0 aliphatic rings. The maximum absolute atomic E-state index is 4.07. The lowest BCUT2D eigenvalue weighted by Crippen LogP contribution is -2.22. The lowest BCUT2D eigenvalue weighted by Gasteiger charge is -2.07. The van der Waals surface area contributed by atoms with E-state index in [2.05, 4.69) is 28.7 Å². The van der Waals surface area contributed by atoms with Crippen molar-refractivity contribution in [1.29, 1.82) is 0 Å². The summed E-state index contributed by atoms with van der Waals surface area (Å²) in [6, 6.07) is 0. The van der Waals surface area contributed by atoms with Gasteiger partial charge in [-0.2, -0.15) is 0 Å². The van der Waals surface area contributed by atoms with Crippen molar-refractivity contribution >= 4 is 0 Å². The van der Waals surface area contributed by atoms with Crippen molar-refractivity contribution in [2.24, 2.45) is 13.0 Å². The van der Waals surface area contributed by atoms with Crippen molar-refractivity contribution in [3.63, 3.8) is 0 Å². The summed E-state index contributed by atoms with van der Waals surface area (Å²) in [5.41, 5.74) is 1.29. The van der Waals surface area contributed by atoms with E-state index in [0.717, 1.165) is 25.4 Å². The highest BCUT2D eigenvalue weighted by molar-refractivity contribution is 4.97. The second kappa shape index (κ2) is 5.02. The van der Waals surface area contributed by atoms with Crippen LogP contribution in [0.3, 0.4) is 0 Å². The molecule has 1 N–H and O–H groups in total. The lowest BCUT2D eigenvalue weighted by atomic mass is 10.2. The summed E-state index contributed by atoms with van der Waals surface area (Å²) in [4.78, 5) is 4.07. The van der Waals surface area contributed by atoms with Gasteiger partial charge in [-0.3, -0.25) is 0 Å². The molecule has 0 saturated carbocycles. The van der Waals surface area contributed by atoms with Crippen LogP contribution in [-0.4, -0.2) is 22.6 Å². The fraction of sp³-hybridized carbons (Fsp3) is 0.700. The molecular formula is C10H19N3. The Morgan fingerprint density at radius 3 is 2.85 bits per heavy atom. The smallest absolute Gasteiger partial charge is 0.0945 e. The molecule has 13 heavy (non-hydrogen) atoms. The van der Waals surface area contributed by atoms with Gasteiger partial charge in [0.25, 0.3) is 0 Å². The number of aryl methyl sites for hydroxylation is 1. The van der Waals surface area contributed by atoms with E-state index >= 15 is 0 Å². The van der Waals surface area contributed by atoms with Crippen LogP contribution in [0, 0.1) is 5.92 Å². The Hall–Kier alpha value is -0.830. The molecule has 0 aliphatic carbocycles. The fourth-order valence-electron chi connectivity index (χ4n) is 1.23. The monoisotopic (exact) mass is 181 g/mol. The van der Waals surface area contributed by atoms with Crippen LogP contribution in [0.4, 0.5) is 0 Å². The Kier molecular flexibility index (Phi) is 3.96. The van der Waals surface area contributed by atoms with Gasteiger partial charge in [0.1, 0.15) is 0 Å². The highest BCUT2D eigenvalue weighted by Crippen LogP contribution is 1.96. The van der Waals surface area contributed by atoms with Crippen molar-refractivity contribution in [2.75, 3.05) is 13.1 Å². The van der Waals surface area contributed by atoms with Crippen molar-refractivity contribution in [3.05, 3.63) is 18.2 Å². The Balaban J connectivity index is 2.17. The summed E-state index contributed by atoms with van der Waals surface area (Å²) in [7, 11) is 2.03. The molecule has 3 heteroatoms. The standard InChI is InChI=1S/C10H19N3/c1-9(2)6-11-5-4-10-7-12-8-13(10)3/h7-9,11H,4-6H2,1-3H3. The van der Waals surface area contributed by atoms with Gasteiger partial charge >= 0.3 is 0 Å². The molecule has 0 fully saturated rings. The summed E-state index contributed by atoms with van der Waals surface area (Å²) in [5.74, 6) is 0.728. The lowest BCUT2D eigenvalue weighted by molar-refractivity contribution is 0.550. The topological polar surface area (TPSA) is 29.9 Å². The third kappa shape index (κ3) is 3.59. The average molecular weight is 181 g/mol. The quantitative estimate of drug-likeness (QED) is 0.692. The Labute approximate surface area is 80.2 Å². The van der Waals surface area contributed by atoms with E-state index in [1.165, 1.54) is 5.69 Å². The van der Waals surface area contributed by atoms with Crippen LogP contribution in [0.2, 0.25) is 0 Å². The molecule has 3 nitrogen and oxygen atoms in total. The van der Waals surface area contributed by atoms with Gasteiger partial charge in [-0.15, -0.1) is 0 Å². The summed E-state index contributed by atoms with van der Waals surface area (Å²) >= 11 is 0. The van der Waals surface area contributed by atoms with Gasteiger partial charge in [0.15, 0.2) is 0 Å². The van der Waals surface area contributed by atoms with E-state index in [1.54, 1.807) is 0 Å².